The number of carbonyl (C=O) groups is 2. The Morgan fingerprint density at radius 1 is 0.449 bits per heavy atom. The van der Waals surface area contributed by atoms with E-state index >= 15 is 0 Å². The molecule has 13 nitrogen and oxygen atoms in total. The van der Waals surface area contributed by atoms with Gasteiger partial charge >= 0.3 is 19.8 Å². The van der Waals surface area contributed by atoms with Gasteiger partial charge < -0.3 is 39.9 Å². The molecule has 0 bridgehead atoms. The SMILES string of the molecule is CCC/C=C/C/C=C/C/C=C/C/C=C/CCCCCC(=O)O[C@@H](COC(=O)CCCCCCCCCCCCCCCCCCCCCCCCC)COP(=O)(O)OC1C(O)C(O)C(O)[C@H](O)C1O. The molecule has 14 heteroatoms. The zero-order valence-electron chi connectivity index (χ0n) is 43.1. The molecule has 0 aromatic rings. The van der Waals surface area contributed by atoms with Crippen LogP contribution in [0, 0.1) is 0 Å². The number of carbonyl (C=O) groups excluding carboxylic acids is 2. The molecule has 0 aromatic carbocycles. The molecule has 1 fully saturated rings. The first-order chi connectivity index (χ1) is 33.4. The zero-order chi connectivity index (χ0) is 50.6. The van der Waals surface area contributed by atoms with E-state index in [0.717, 1.165) is 64.2 Å². The molecule has 402 valence electrons. The molecule has 0 radical (unpaired) electrons. The normalized spacial score (nSPS) is 21.2. The van der Waals surface area contributed by atoms with E-state index in [2.05, 4.69) is 62.5 Å². The number of allylic oxidation sites excluding steroid dienone is 8. The maximum atomic E-state index is 12.9. The van der Waals surface area contributed by atoms with Crippen LogP contribution < -0.4 is 0 Å². The number of aliphatic hydroxyl groups is 5. The molecule has 1 rings (SSSR count). The molecule has 0 amide bonds. The summed E-state index contributed by atoms with van der Waals surface area (Å²) in [5, 5.41) is 50.3. The molecule has 0 aromatic heterocycles. The van der Waals surface area contributed by atoms with E-state index in [1.807, 2.05) is 0 Å². The average molecular weight is 999 g/mol. The lowest BCUT2D eigenvalue weighted by atomic mass is 9.85. The Balaban J connectivity index is 2.36. The van der Waals surface area contributed by atoms with Crippen molar-refractivity contribution in [1.82, 2.24) is 0 Å². The van der Waals surface area contributed by atoms with Crippen LogP contribution in [0.2, 0.25) is 0 Å². The summed E-state index contributed by atoms with van der Waals surface area (Å²) in [4.78, 5) is 35.9. The zero-order valence-corrected chi connectivity index (χ0v) is 44.0. The monoisotopic (exact) mass is 999 g/mol. The van der Waals surface area contributed by atoms with Crippen molar-refractivity contribution in [2.45, 2.75) is 275 Å². The predicted octanol–water partition coefficient (Wildman–Crippen LogP) is 12.3. The van der Waals surface area contributed by atoms with E-state index in [1.165, 1.54) is 128 Å². The smallest absolute Gasteiger partial charge is 0.462 e. The number of esters is 2. The van der Waals surface area contributed by atoms with E-state index in [-0.39, 0.29) is 12.8 Å². The number of unbranched alkanes of at least 4 members (excludes halogenated alkanes) is 26. The number of aliphatic hydroxyl groups excluding tert-OH is 5. The first kappa shape index (κ1) is 64.8. The van der Waals surface area contributed by atoms with Gasteiger partial charge in [-0.2, -0.15) is 0 Å². The van der Waals surface area contributed by atoms with Crippen LogP contribution in [0.25, 0.3) is 0 Å². The summed E-state index contributed by atoms with van der Waals surface area (Å²) < 4.78 is 33.7. The molecule has 8 atom stereocenters. The fourth-order valence-electron chi connectivity index (χ4n) is 8.28. The molecule has 1 saturated carbocycles. The van der Waals surface area contributed by atoms with Gasteiger partial charge in [0.1, 0.15) is 43.2 Å². The molecule has 0 spiro atoms. The average Bonchev–Trinajstić information content (AvgIpc) is 3.33. The van der Waals surface area contributed by atoms with Gasteiger partial charge in [0.15, 0.2) is 6.10 Å². The second-order valence-corrected chi connectivity index (χ2v) is 20.5. The van der Waals surface area contributed by atoms with E-state index in [4.69, 9.17) is 18.5 Å². The molecule has 6 N–H and O–H groups in total. The van der Waals surface area contributed by atoms with Gasteiger partial charge in [-0.25, -0.2) is 4.57 Å². The van der Waals surface area contributed by atoms with Crippen LogP contribution in [0.1, 0.15) is 232 Å². The van der Waals surface area contributed by atoms with Gasteiger partial charge in [-0.3, -0.25) is 18.6 Å². The molecule has 1 aliphatic rings. The standard InChI is InChI=1S/C55H99O13P/c1-3-5-7-9-11-13-15-17-19-21-22-23-24-25-26-28-29-31-33-35-37-39-41-43-48(56)65-45-47(46-66-69(63,64)68-55-53(61)51(59)50(58)52(60)54(55)62)67-49(57)44-42-40-38-36-34-32-30-27-20-18-16-14-12-10-8-6-4-2/h8,10,14,16,20,27,32,34,47,50-55,58-62H,3-7,9,11-13,15,17-19,21-26,28-31,33,35-46H2,1-2H3,(H,63,64)/b10-8+,16-14+,27-20+,34-32+/t47-,50?,51-,52?,53?,54?,55?/m0/s1. The van der Waals surface area contributed by atoms with Crippen LogP contribution in [0.15, 0.2) is 48.6 Å². The van der Waals surface area contributed by atoms with E-state index in [1.54, 1.807) is 0 Å². The molecule has 0 saturated heterocycles. The summed E-state index contributed by atoms with van der Waals surface area (Å²) in [6, 6.07) is 0. The Morgan fingerprint density at radius 2 is 0.812 bits per heavy atom. The minimum Gasteiger partial charge on any atom is -0.462 e. The molecular formula is C55H99O13P. The lowest BCUT2D eigenvalue weighted by molar-refractivity contribution is -0.220. The summed E-state index contributed by atoms with van der Waals surface area (Å²) >= 11 is 0. The predicted molar refractivity (Wildman–Crippen MR) is 276 cm³/mol. The number of phosphoric ester groups is 1. The van der Waals surface area contributed by atoms with Gasteiger partial charge in [-0.15, -0.1) is 0 Å². The first-order valence-corrected chi connectivity index (χ1v) is 28.9. The maximum absolute atomic E-state index is 12.9. The number of hydrogen-bond acceptors (Lipinski definition) is 12. The highest BCUT2D eigenvalue weighted by atomic mass is 31.2. The maximum Gasteiger partial charge on any atom is 0.472 e. The van der Waals surface area contributed by atoms with E-state index in [0.29, 0.717) is 12.8 Å². The van der Waals surface area contributed by atoms with Crippen LogP contribution >= 0.6 is 7.82 Å². The third-order valence-corrected chi connectivity index (χ3v) is 13.6. The van der Waals surface area contributed by atoms with Gasteiger partial charge in [0.25, 0.3) is 0 Å². The molecule has 69 heavy (non-hydrogen) atoms. The number of ether oxygens (including phenoxy) is 2. The topological polar surface area (TPSA) is 210 Å². The Bertz CT molecular complexity index is 1390. The number of hydrogen-bond donors (Lipinski definition) is 6. The summed E-state index contributed by atoms with van der Waals surface area (Å²) in [6.45, 7) is 3.25. The highest BCUT2D eigenvalue weighted by molar-refractivity contribution is 7.47. The Morgan fingerprint density at radius 3 is 1.25 bits per heavy atom. The fourth-order valence-corrected chi connectivity index (χ4v) is 9.25. The van der Waals surface area contributed by atoms with Crippen LogP contribution in [0.4, 0.5) is 0 Å². The highest BCUT2D eigenvalue weighted by Gasteiger charge is 2.51. The van der Waals surface area contributed by atoms with Crippen LogP contribution in [0.5, 0.6) is 0 Å². The van der Waals surface area contributed by atoms with Crippen molar-refractivity contribution in [3.63, 3.8) is 0 Å². The van der Waals surface area contributed by atoms with Gasteiger partial charge in [0, 0.05) is 12.8 Å². The van der Waals surface area contributed by atoms with Gasteiger partial charge in [-0.1, -0.05) is 217 Å². The van der Waals surface area contributed by atoms with Gasteiger partial charge in [0.05, 0.1) is 6.61 Å². The molecule has 0 aliphatic heterocycles. The fraction of sp³-hybridized carbons (Fsp3) is 0.818. The second kappa shape index (κ2) is 44.5. The van der Waals surface area contributed by atoms with E-state index < -0.39 is 75.7 Å². The Kier molecular flexibility index (Phi) is 41.8. The largest absolute Gasteiger partial charge is 0.472 e. The van der Waals surface area contributed by atoms with Crippen LogP contribution in [0.3, 0.4) is 0 Å². The third kappa shape index (κ3) is 36.4. The van der Waals surface area contributed by atoms with Crippen molar-refractivity contribution in [3.8, 4) is 0 Å². The van der Waals surface area contributed by atoms with Crippen molar-refractivity contribution in [1.29, 1.82) is 0 Å². The summed E-state index contributed by atoms with van der Waals surface area (Å²) in [5.41, 5.74) is 0. The van der Waals surface area contributed by atoms with Crippen molar-refractivity contribution in [2.75, 3.05) is 13.2 Å². The van der Waals surface area contributed by atoms with Crippen LogP contribution in [-0.2, 0) is 32.7 Å². The lowest BCUT2D eigenvalue weighted by Crippen LogP contribution is -2.64. The molecular weight excluding hydrogens is 900 g/mol. The van der Waals surface area contributed by atoms with Crippen molar-refractivity contribution < 1.29 is 63.1 Å². The van der Waals surface area contributed by atoms with Crippen molar-refractivity contribution >= 4 is 19.8 Å². The first-order valence-electron chi connectivity index (χ1n) is 27.4. The van der Waals surface area contributed by atoms with Crippen LogP contribution in [-0.4, -0.2) is 98.3 Å². The minimum absolute atomic E-state index is 0.0597. The Labute approximate surface area is 418 Å². The summed E-state index contributed by atoms with van der Waals surface area (Å²) in [6.07, 6.45) is 41.6. The van der Waals surface area contributed by atoms with E-state index in [9.17, 15) is 44.6 Å². The lowest BCUT2D eigenvalue weighted by Gasteiger charge is -2.41. The quantitative estimate of drug-likeness (QED) is 0.0145. The van der Waals surface area contributed by atoms with Gasteiger partial charge in [-0.05, 0) is 51.4 Å². The van der Waals surface area contributed by atoms with Gasteiger partial charge in [0.2, 0.25) is 0 Å². The summed E-state index contributed by atoms with van der Waals surface area (Å²) in [5.74, 6) is -1.13. The third-order valence-electron chi connectivity index (χ3n) is 12.7. The highest BCUT2D eigenvalue weighted by Crippen LogP contribution is 2.47. The summed E-state index contributed by atoms with van der Waals surface area (Å²) in [7, 11) is -5.13. The Hall–Kier alpha value is -2.19. The minimum atomic E-state index is -5.13. The molecule has 1 aliphatic carbocycles. The van der Waals surface area contributed by atoms with Crippen molar-refractivity contribution in [3.05, 3.63) is 48.6 Å². The molecule has 0 heterocycles. The number of phosphoric acid groups is 1. The van der Waals surface area contributed by atoms with Crippen molar-refractivity contribution in [2.24, 2.45) is 0 Å². The number of rotatable bonds is 46. The second-order valence-electron chi connectivity index (χ2n) is 19.1. The molecule has 6 unspecified atom stereocenters.